The van der Waals surface area contributed by atoms with Crippen LogP contribution in [0.25, 0.3) is 0 Å². The lowest BCUT2D eigenvalue weighted by Gasteiger charge is -2.17. The quantitative estimate of drug-likeness (QED) is 0.616. The zero-order valence-corrected chi connectivity index (χ0v) is 10.6. The van der Waals surface area contributed by atoms with Crippen molar-refractivity contribution in [2.45, 2.75) is 76.7 Å². The Kier molecular flexibility index (Phi) is 8.56. The summed E-state index contributed by atoms with van der Waals surface area (Å²) in [7, 11) is 0. The molecule has 0 rings (SSSR count). The van der Waals surface area contributed by atoms with E-state index in [2.05, 4.69) is 5.73 Å². The highest BCUT2D eigenvalue weighted by Crippen LogP contribution is 2.19. The number of halogens is 4. The molecule has 5 atom stereocenters. The van der Waals surface area contributed by atoms with E-state index in [1.165, 1.54) is 0 Å². The molecular weight excluding hydrogens is 234 g/mol. The van der Waals surface area contributed by atoms with Gasteiger partial charge < -0.3 is 5.73 Å². The van der Waals surface area contributed by atoms with Crippen LogP contribution >= 0.6 is 0 Å². The van der Waals surface area contributed by atoms with Gasteiger partial charge in [-0.1, -0.05) is 13.3 Å². The highest BCUT2D eigenvalue weighted by atomic mass is 19.2. The molecule has 1 nitrogen and oxygen atoms in total. The molecule has 0 aromatic rings. The Hall–Kier alpha value is -0.320. The van der Waals surface area contributed by atoms with Gasteiger partial charge >= 0.3 is 0 Å². The molecule has 0 aliphatic rings. The first-order chi connectivity index (χ1) is 7.88. The van der Waals surface area contributed by atoms with Crippen molar-refractivity contribution in [2.75, 3.05) is 0 Å². The van der Waals surface area contributed by atoms with Crippen molar-refractivity contribution in [3.8, 4) is 0 Å². The van der Waals surface area contributed by atoms with Gasteiger partial charge in [-0.15, -0.1) is 0 Å². The van der Waals surface area contributed by atoms with Gasteiger partial charge in [-0.25, -0.2) is 17.6 Å². The monoisotopic (exact) mass is 258 g/mol. The van der Waals surface area contributed by atoms with Crippen molar-refractivity contribution >= 4 is 0 Å². The van der Waals surface area contributed by atoms with Crippen LogP contribution in [-0.2, 0) is 0 Å². The lowest BCUT2D eigenvalue weighted by molar-refractivity contribution is -0.425. The van der Waals surface area contributed by atoms with E-state index in [1.807, 2.05) is 6.92 Å². The minimum Gasteiger partial charge on any atom is -0.355 e. The maximum absolute atomic E-state index is 13.4. The van der Waals surface area contributed by atoms with Crippen molar-refractivity contribution in [1.29, 1.82) is 0 Å². The summed E-state index contributed by atoms with van der Waals surface area (Å²) in [5.41, 5.74) is 3.73. The Bertz CT molecular complexity index is 189. The van der Waals surface area contributed by atoms with Gasteiger partial charge in [-0.3, -0.25) is 0 Å². The minimum atomic E-state index is -1.71. The third-order valence-corrected chi connectivity index (χ3v) is 2.86. The molecular formula is C12H24F4N+. The molecule has 0 radical (unpaired) electrons. The zero-order chi connectivity index (χ0) is 13.4. The van der Waals surface area contributed by atoms with E-state index in [0.29, 0.717) is 0 Å². The largest absolute Gasteiger partial charge is 0.355 e. The molecule has 17 heavy (non-hydrogen) atoms. The van der Waals surface area contributed by atoms with E-state index in [9.17, 15) is 17.6 Å². The molecule has 0 bridgehead atoms. The van der Waals surface area contributed by atoms with Crippen LogP contribution in [0.1, 0.15) is 46.0 Å². The Balaban J connectivity index is 3.84. The Morgan fingerprint density at radius 1 is 0.882 bits per heavy atom. The average molecular weight is 258 g/mol. The molecule has 3 N–H and O–H groups in total. The van der Waals surface area contributed by atoms with Crippen molar-refractivity contribution in [3.05, 3.63) is 0 Å². The molecule has 0 amide bonds. The normalized spacial score (nSPS) is 20.6. The molecule has 0 aliphatic heterocycles. The smallest absolute Gasteiger partial charge is 0.137 e. The predicted molar refractivity (Wildman–Crippen MR) is 60.7 cm³/mol. The number of hydrogen-bond donors (Lipinski definition) is 1. The lowest BCUT2D eigenvalue weighted by atomic mass is 10.00. The van der Waals surface area contributed by atoms with Crippen LogP contribution in [-0.4, -0.2) is 30.7 Å². The highest BCUT2D eigenvalue weighted by molar-refractivity contribution is 4.74. The molecule has 0 saturated heterocycles. The van der Waals surface area contributed by atoms with Crippen LogP contribution in [0.3, 0.4) is 0 Å². The first-order valence-electron chi connectivity index (χ1n) is 6.27. The van der Waals surface area contributed by atoms with Gasteiger partial charge in [0.2, 0.25) is 0 Å². The summed E-state index contributed by atoms with van der Waals surface area (Å²) in [5, 5.41) is 0. The van der Waals surface area contributed by atoms with Gasteiger partial charge in [0, 0.05) is 6.42 Å². The van der Waals surface area contributed by atoms with E-state index < -0.39 is 24.7 Å². The Labute approximate surface area is 101 Å². The fourth-order valence-electron chi connectivity index (χ4n) is 1.72. The second kappa shape index (κ2) is 8.72. The summed E-state index contributed by atoms with van der Waals surface area (Å²) in [4.78, 5) is 0. The van der Waals surface area contributed by atoms with Crippen LogP contribution in [0.15, 0.2) is 0 Å². The SMILES string of the molecule is CCCC([NH3+])CC(F)C(F)CCC(F)C(C)F. The molecule has 0 spiro atoms. The van der Waals surface area contributed by atoms with Crippen molar-refractivity contribution < 1.29 is 23.3 Å². The second-order valence-corrected chi connectivity index (χ2v) is 4.69. The van der Waals surface area contributed by atoms with E-state index >= 15 is 0 Å². The first kappa shape index (κ1) is 16.7. The number of quaternary nitrogens is 1. The van der Waals surface area contributed by atoms with Gasteiger partial charge in [0.15, 0.2) is 0 Å². The maximum Gasteiger partial charge on any atom is 0.137 e. The molecule has 0 aromatic carbocycles. The summed E-state index contributed by atoms with van der Waals surface area (Å²) in [6, 6.07) is -0.116. The van der Waals surface area contributed by atoms with Crippen LogP contribution in [0.4, 0.5) is 17.6 Å². The maximum atomic E-state index is 13.4. The second-order valence-electron chi connectivity index (χ2n) is 4.69. The van der Waals surface area contributed by atoms with Gasteiger partial charge in [0.1, 0.15) is 24.7 Å². The fourth-order valence-corrected chi connectivity index (χ4v) is 1.72. The van der Waals surface area contributed by atoms with Crippen LogP contribution in [0.2, 0.25) is 0 Å². The van der Waals surface area contributed by atoms with E-state index in [1.54, 1.807) is 0 Å². The summed E-state index contributed by atoms with van der Waals surface area (Å²) in [6.07, 6.45) is -5.52. The highest BCUT2D eigenvalue weighted by Gasteiger charge is 2.26. The molecule has 0 aliphatic carbocycles. The lowest BCUT2D eigenvalue weighted by Crippen LogP contribution is -2.61. The van der Waals surface area contributed by atoms with E-state index in [-0.39, 0.29) is 25.3 Å². The predicted octanol–water partition coefficient (Wildman–Crippen LogP) is 2.94. The summed E-state index contributed by atoms with van der Waals surface area (Å²) < 4.78 is 52.0. The fraction of sp³-hybridized carbons (Fsp3) is 1.00. The molecule has 5 heteroatoms. The Morgan fingerprint density at radius 3 is 1.88 bits per heavy atom. The summed E-state index contributed by atoms with van der Waals surface area (Å²) in [6.45, 7) is 3.03. The van der Waals surface area contributed by atoms with Crippen molar-refractivity contribution in [3.63, 3.8) is 0 Å². The average Bonchev–Trinajstić information content (AvgIpc) is 2.25. The third kappa shape index (κ3) is 7.58. The van der Waals surface area contributed by atoms with E-state index in [4.69, 9.17) is 0 Å². The Morgan fingerprint density at radius 2 is 1.41 bits per heavy atom. The topological polar surface area (TPSA) is 27.6 Å². The number of hydrogen-bond acceptors (Lipinski definition) is 0. The van der Waals surface area contributed by atoms with Crippen LogP contribution in [0.5, 0.6) is 0 Å². The number of rotatable bonds is 9. The molecule has 104 valence electrons. The van der Waals surface area contributed by atoms with Gasteiger partial charge in [0.25, 0.3) is 0 Å². The molecule has 5 unspecified atom stereocenters. The van der Waals surface area contributed by atoms with Gasteiger partial charge in [0.05, 0.1) is 6.04 Å². The molecule has 0 fully saturated rings. The van der Waals surface area contributed by atoms with Crippen LogP contribution < -0.4 is 5.73 Å². The first-order valence-corrected chi connectivity index (χ1v) is 6.27. The van der Waals surface area contributed by atoms with Crippen molar-refractivity contribution in [1.82, 2.24) is 0 Å². The third-order valence-electron chi connectivity index (χ3n) is 2.86. The standard InChI is InChI=1S/C12H23F4N/c1-3-4-9(17)7-12(16)11(15)6-5-10(14)8(2)13/h8-12H,3-7,17H2,1-2H3/p+1. The van der Waals surface area contributed by atoms with Crippen LogP contribution in [0, 0.1) is 0 Å². The summed E-state index contributed by atoms with van der Waals surface area (Å²) >= 11 is 0. The summed E-state index contributed by atoms with van der Waals surface area (Å²) in [5.74, 6) is 0. The van der Waals surface area contributed by atoms with Crippen molar-refractivity contribution in [2.24, 2.45) is 0 Å². The van der Waals surface area contributed by atoms with E-state index in [0.717, 1.165) is 19.8 Å². The molecule has 0 heterocycles. The van der Waals surface area contributed by atoms with Gasteiger partial charge in [-0.05, 0) is 26.2 Å². The minimum absolute atomic E-state index is 0.0527. The van der Waals surface area contributed by atoms with Gasteiger partial charge in [-0.2, -0.15) is 0 Å². The molecule has 0 aromatic heterocycles. The number of alkyl halides is 4. The molecule has 0 saturated carbocycles. The zero-order valence-electron chi connectivity index (χ0n) is 10.6.